The summed E-state index contributed by atoms with van der Waals surface area (Å²) >= 11 is 0. The molecule has 1 unspecified atom stereocenters. The third-order valence-corrected chi connectivity index (χ3v) is 3.89. The topological polar surface area (TPSA) is 61.6 Å². The van der Waals surface area contributed by atoms with Crippen molar-refractivity contribution in [3.8, 4) is 0 Å². The molecule has 1 atom stereocenters. The first-order valence-electron chi connectivity index (χ1n) is 8.02. The van der Waals surface area contributed by atoms with Crippen LogP contribution in [-0.4, -0.2) is 68.1 Å². The van der Waals surface area contributed by atoms with Crippen molar-refractivity contribution in [3.05, 3.63) is 0 Å². The fraction of sp³-hybridized carbons (Fsp3) is 0.933. The summed E-state index contributed by atoms with van der Waals surface area (Å²) in [5, 5.41) is 3.11. The van der Waals surface area contributed by atoms with Crippen LogP contribution in [-0.2, 0) is 4.79 Å². The monoisotopic (exact) mass is 284 g/mol. The van der Waals surface area contributed by atoms with Gasteiger partial charge < -0.3 is 16.0 Å². The zero-order chi connectivity index (χ0) is 14.8. The zero-order valence-corrected chi connectivity index (χ0v) is 13.2. The Kier molecular flexibility index (Phi) is 8.82. The molecule has 5 nitrogen and oxygen atoms in total. The minimum absolute atomic E-state index is 0.194. The number of hydrogen-bond donors (Lipinski definition) is 2. The molecule has 3 N–H and O–H groups in total. The van der Waals surface area contributed by atoms with Crippen LogP contribution in [0.2, 0.25) is 0 Å². The molecule has 1 fully saturated rings. The molecule has 118 valence electrons. The van der Waals surface area contributed by atoms with Crippen LogP contribution in [0.1, 0.15) is 39.0 Å². The van der Waals surface area contributed by atoms with E-state index in [0.29, 0.717) is 6.42 Å². The third kappa shape index (κ3) is 7.82. The van der Waals surface area contributed by atoms with Crippen molar-refractivity contribution in [3.63, 3.8) is 0 Å². The summed E-state index contributed by atoms with van der Waals surface area (Å²) in [6.07, 6.45) is 4.95. The van der Waals surface area contributed by atoms with Gasteiger partial charge in [-0.1, -0.05) is 12.8 Å². The van der Waals surface area contributed by atoms with Crippen LogP contribution < -0.4 is 11.1 Å². The van der Waals surface area contributed by atoms with Gasteiger partial charge in [-0.3, -0.25) is 9.69 Å². The predicted molar refractivity (Wildman–Crippen MR) is 83.7 cm³/mol. The van der Waals surface area contributed by atoms with E-state index < -0.39 is 0 Å². The van der Waals surface area contributed by atoms with E-state index in [-0.39, 0.29) is 11.9 Å². The van der Waals surface area contributed by atoms with Gasteiger partial charge in [0.1, 0.15) is 0 Å². The van der Waals surface area contributed by atoms with Crippen LogP contribution in [0.3, 0.4) is 0 Å². The Labute approximate surface area is 123 Å². The first kappa shape index (κ1) is 17.4. The standard InChI is InChI=1S/C15H32N4O/c1-14(13-19-11-9-18(2)10-12-19)17-15(20)7-5-3-4-6-8-16/h14H,3-13,16H2,1-2H3,(H,17,20). The summed E-state index contributed by atoms with van der Waals surface area (Å²) in [6, 6.07) is 0.245. The molecule has 0 spiro atoms. The largest absolute Gasteiger partial charge is 0.352 e. The highest BCUT2D eigenvalue weighted by atomic mass is 16.1. The highest BCUT2D eigenvalue weighted by molar-refractivity contribution is 5.76. The van der Waals surface area contributed by atoms with Crippen LogP contribution >= 0.6 is 0 Å². The molecule has 1 aliphatic heterocycles. The maximum atomic E-state index is 11.8. The molecule has 0 aromatic heterocycles. The molecule has 20 heavy (non-hydrogen) atoms. The number of nitrogens with one attached hydrogen (secondary N) is 1. The highest BCUT2D eigenvalue weighted by Gasteiger charge is 2.16. The van der Waals surface area contributed by atoms with E-state index in [4.69, 9.17) is 5.73 Å². The lowest BCUT2D eigenvalue weighted by atomic mass is 10.1. The van der Waals surface area contributed by atoms with Crippen molar-refractivity contribution in [2.45, 2.75) is 45.1 Å². The summed E-state index contributed by atoms with van der Waals surface area (Å²) in [5.74, 6) is 0.194. The molecular weight excluding hydrogens is 252 g/mol. The average molecular weight is 284 g/mol. The van der Waals surface area contributed by atoms with Crippen molar-refractivity contribution < 1.29 is 4.79 Å². The molecule has 0 aromatic carbocycles. The summed E-state index contributed by atoms with van der Waals surface area (Å²) in [5.41, 5.74) is 5.45. The quantitative estimate of drug-likeness (QED) is 0.610. The van der Waals surface area contributed by atoms with Gasteiger partial charge in [0.05, 0.1) is 0 Å². The number of unbranched alkanes of at least 4 members (excludes halogenated alkanes) is 3. The lowest BCUT2D eigenvalue weighted by Gasteiger charge is -2.34. The second-order valence-corrected chi connectivity index (χ2v) is 6.03. The van der Waals surface area contributed by atoms with Gasteiger partial charge in [0.25, 0.3) is 0 Å². The van der Waals surface area contributed by atoms with Gasteiger partial charge in [-0.2, -0.15) is 0 Å². The number of piperazine rings is 1. The molecule has 0 saturated carbocycles. The summed E-state index contributed by atoms with van der Waals surface area (Å²) in [6.45, 7) is 8.29. The molecule has 0 radical (unpaired) electrons. The number of amides is 1. The van der Waals surface area contributed by atoms with Crippen LogP contribution in [0, 0.1) is 0 Å². The molecule has 0 aromatic rings. The Morgan fingerprint density at radius 3 is 2.45 bits per heavy atom. The van der Waals surface area contributed by atoms with E-state index in [1.165, 1.54) is 0 Å². The number of rotatable bonds is 9. The number of likely N-dealkylation sites (N-methyl/N-ethyl adjacent to an activating group) is 1. The van der Waals surface area contributed by atoms with Gasteiger partial charge in [0, 0.05) is 45.2 Å². The summed E-state index contributed by atoms with van der Waals surface area (Å²) in [4.78, 5) is 16.6. The second-order valence-electron chi connectivity index (χ2n) is 6.03. The molecule has 0 aliphatic carbocycles. The van der Waals surface area contributed by atoms with Crippen molar-refractivity contribution in [2.75, 3.05) is 46.3 Å². The maximum Gasteiger partial charge on any atom is 0.220 e. The van der Waals surface area contributed by atoms with Gasteiger partial charge in [0.15, 0.2) is 0 Å². The Morgan fingerprint density at radius 1 is 1.15 bits per heavy atom. The third-order valence-electron chi connectivity index (χ3n) is 3.89. The minimum Gasteiger partial charge on any atom is -0.352 e. The van der Waals surface area contributed by atoms with Gasteiger partial charge in [-0.25, -0.2) is 0 Å². The molecule has 1 amide bonds. The number of carbonyl (C=O) groups is 1. The fourth-order valence-corrected chi connectivity index (χ4v) is 2.59. The lowest BCUT2D eigenvalue weighted by Crippen LogP contribution is -2.49. The predicted octanol–water partition coefficient (Wildman–Crippen LogP) is 0.648. The van der Waals surface area contributed by atoms with Crippen LogP contribution in [0.4, 0.5) is 0 Å². The molecule has 1 rings (SSSR count). The smallest absolute Gasteiger partial charge is 0.220 e. The van der Waals surface area contributed by atoms with E-state index in [0.717, 1.165) is 65.0 Å². The van der Waals surface area contributed by atoms with E-state index in [1.54, 1.807) is 0 Å². The lowest BCUT2D eigenvalue weighted by molar-refractivity contribution is -0.121. The Balaban J connectivity index is 2.05. The van der Waals surface area contributed by atoms with Crippen molar-refractivity contribution in [1.29, 1.82) is 0 Å². The second kappa shape index (κ2) is 10.1. The summed E-state index contributed by atoms with van der Waals surface area (Å²) < 4.78 is 0. The van der Waals surface area contributed by atoms with E-state index in [1.807, 2.05) is 0 Å². The Bertz CT molecular complexity index is 265. The van der Waals surface area contributed by atoms with Crippen LogP contribution in [0.5, 0.6) is 0 Å². The SMILES string of the molecule is CC(CN1CCN(C)CC1)NC(=O)CCCCCCN. The van der Waals surface area contributed by atoms with Gasteiger partial charge in [0.2, 0.25) is 5.91 Å². The van der Waals surface area contributed by atoms with Crippen molar-refractivity contribution in [2.24, 2.45) is 5.73 Å². The molecule has 1 saturated heterocycles. The summed E-state index contributed by atoms with van der Waals surface area (Å²) in [7, 11) is 2.16. The molecule has 1 heterocycles. The van der Waals surface area contributed by atoms with Crippen molar-refractivity contribution >= 4 is 5.91 Å². The van der Waals surface area contributed by atoms with Gasteiger partial charge in [-0.15, -0.1) is 0 Å². The molecule has 1 aliphatic rings. The van der Waals surface area contributed by atoms with Crippen molar-refractivity contribution in [1.82, 2.24) is 15.1 Å². The zero-order valence-electron chi connectivity index (χ0n) is 13.2. The first-order valence-corrected chi connectivity index (χ1v) is 8.02. The first-order chi connectivity index (χ1) is 9.61. The highest BCUT2D eigenvalue weighted by Crippen LogP contribution is 2.03. The normalized spacial score (nSPS) is 18.9. The number of hydrogen-bond acceptors (Lipinski definition) is 4. The number of carbonyl (C=O) groups excluding carboxylic acids is 1. The van der Waals surface area contributed by atoms with Crippen LogP contribution in [0.25, 0.3) is 0 Å². The van der Waals surface area contributed by atoms with E-state index >= 15 is 0 Å². The molecular formula is C15H32N4O. The number of nitrogens with zero attached hydrogens (tertiary/aromatic N) is 2. The molecule has 0 bridgehead atoms. The van der Waals surface area contributed by atoms with Gasteiger partial charge in [-0.05, 0) is 33.4 Å². The Hall–Kier alpha value is -0.650. The number of nitrogens with two attached hydrogens (primary N) is 1. The molecule has 5 heteroatoms. The fourth-order valence-electron chi connectivity index (χ4n) is 2.59. The minimum atomic E-state index is 0.194. The van der Waals surface area contributed by atoms with E-state index in [2.05, 4.69) is 29.1 Å². The average Bonchev–Trinajstić information content (AvgIpc) is 2.41. The Morgan fingerprint density at radius 2 is 1.80 bits per heavy atom. The maximum absolute atomic E-state index is 11.8. The van der Waals surface area contributed by atoms with Crippen LogP contribution in [0.15, 0.2) is 0 Å². The van der Waals surface area contributed by atoms with Gasteiger partial charge >= 0.3 is 0 Å². The van der Waals surface area contributed by atoms with E-state index in [9.17, 15) is 4.79 Å².